The van der Waals surface area contributed by atoms with E-state index in [9.17, 15) is 5.26 Å². The Bertz CT molecular complexity index is 404. The van der Waals surface area contributed by atoms with Crippen molar-refractivity contribution in [1.29, 1.82) is 5.26 Å². The highest BCUT2D eigenvalue weighted by molar-refractivity contribution is 5.01. The van der Waals surface area contributed by atoms with Crippen LogP contribution < -0.4 is 0 Å². The molecular weight excluding hydrogens is 326 g/mol. The van der Waals surface area contributed by atoms with E-state index in [2.05, 4.69) is 19.9 Å². The molecule has 1 nitrogen and oxygen atoms in total. The van der Waals surface area contributed by atoms with Crippen LogP contribution in [0.4, 0.5) is 0 Å². The van der Waals surface area contributed by atoms with Gasteiger partial charge in [-0.1, -0.05) is 104 Å². The van der Waals surface area contributed by atoms with Crippen LogP contribution in [0.25, 0.3) is 0 Å². The Labute approximate surface area is 170 Å². The van der Waals surface area contributed by atoms with E-state index < -0.39 is 0 Å². The minimum absolute atomic E-state index is 0.0425. The molecular formula is C26H47N. The molecule has 2 fully saturated rings. The van der Waals surface area contributed by atoms with Gasteiger partial charge in [0.15, 0.2) is 0 Å². The average molecular weight is 374 g/mol. The molecule has 0 heterocycles. The summed E-state index contributed by atoms with van der Waals surface area (Å²) in [6, 6.07) is 2.75. The first-order chi connectivity index (χ1) is 13.2. The lowest BCUT2D eigenvalue weighted by Gasteiger charge is -2.36. The summed E-state index contributed by atoms with van der Waals surface area (Å²) < 4.78 is 0. The van der Waals surface area contributed by atoms with Crippen LogP contribution in [0.5, 0.6) is 0 Å². The molecule has 0 N–H and O–H groups in total. The maximum atomic E-state index is 9.77. The van der Waals surface area contributed by atoms with E-state index in [0.717, 1.165) is 24.2 Å². The largest absolute Gasteiger partial charge is 0.198 e. The van der Waals surface area contributed by atoms with Crippen molar-refractivity contribution in [3.63, 3.8) is 0 Å². The molecule has 2 saturated carbocycles. The van der Waals surface area contributed by atoms with E-state index in [-0.39, 0.29) is 5.41 Å². The summed E-state index contributed by atoms with van der Waals surface area (Å²) in [6.07, 6.45) is 26.1. The predicted octanol–water partition coefficient (Wildman–Crippen LogP) is 8.82. The fraction of sp³-hybridized carbons (Fsp3) is 0.962. The number of nitrogens with zero attached hydrogens (tertiary/aromatic N) is 1. The molecule has 0 radical (unpaired) electrons. The Morgan fingerprint density at radius 1 is 0.667 bits per heavy atom. The number of unbranched alkanes of at least 4 members (excludes halogenated alkanes) is 5. The molecule has 2 rings (SSSR count). The summed E-state index contributed by atoms with van der Waals surface area (Å²) in [6.45, 7) is 4.58. The Balaban J connectivity index is 1.59. The van der Waals surface area contributed by atoms with Gasteiger partial charge in [-0.05, 0) is 49.9 Å². The highest BCUT2D eigenvalue weighted by Crippen LogP contribution is 2.44. The van der Waals surface area contributed by atoms with Gasteiger partial charge in [0.25, 0.3) is 0 Å². The zero-order valence-electron chi connectivity index (χ0n) is 18.6. The van der Waals surface area contributed by atoms with Crippen LogP contribution in [0.15, 0.2) is 0 Å². The van der Waals surface area contributed by atoms with Crippen LogP contribution in [-0.2, 0) is 0 Å². The summed E-state index contributed by atoms with van der Waals surface area (Å²) in [7, 11) is 0. The first-order valence-corrected chi connectivity index (χ1v) is 12.6. The normalized spacial score (nSPS) is 31.5. The van der Waals surface area contributed by atoms with Gasteiger partial charge in [0.2, 0.25) is 0 Å². The van der Waals surface area contributed by atoms with Crippen LogP contribution in [-0.4, -0.2) is 0 Å². The topological polar surface area (TPSA) is 23.8 Å². The summed E-state index contributed by atoms with van der Waals surface area (Å²) in [4.78, 5) is 0. The average Bonchev–Trinajstić information content (AvgIpc) is 2.72. The number of nitriles is 1. The number of hydrogen-bond acceptors (Lipinski definition) is 1. The molecule has 27 heavy (non-hydrogen) atoms. The fourth-order valence-corrected chi connectivity index (χ4v) is 5.79. The molecule has 156 valence electrons. The van der Waals surface area contributed by atoms with Crippen molar-refractivity contribution in [3.05, 3.63) is 0 Å². The Morgan fingerprint density at radius 3 is 1.74 bits per heavy atom. The van der Waals surface area contributed by atoms with Crippen LogP contribution in [0.2, 0.25) is 0 Å². The second-order valence-corrected chi connectivity index (χ2v) is 10.1. The monoisotopic (exact) mass is 373 g/mol. The third kappa shape index (κ3) is 8.17. The minimum atomic E-state index is 0.0425. The molecule has 0 aliphatic heterocycles. The lowest BCUT2D eigenvalue weighted by atomic mass is 9.67. The molecule has 0 bridgehead atoms. The lowest BCUT2D eigenvalue weighted by Crippen LogP contribution is -2.26. The van der Waals surface area contributed by atoms with E-state index >= 15 is 0 Å². The van der Waals surface area contributed by atoms with Crippen LogP contribution in [0, 0.1) is 34.5 Å². The lowest BCUT2D eigenvalue weighted by molar-refractivity contribution is 0.170. The number of hydrogen-bond donors (Lipinski definition) is 0. The van der Waals surface area contributed by atoms with Crippen LogP contribution in [0.3, 0.4) is 0 Å². The second kappa shape index (κ2) is 12.9. The molecule has 0 atom stereocenters. The quantitative estimate of drug-likeness (QED) is 0.313. The molecule has 0 spiro atoms. The van der Waals surface area contributed by atoms with E-state index in [1.54, 1.807) is 0 Å². The summed E-state index contributed by atoms with van der Waals surface area (Å²) in [5, 5.41) is 9.77. The number of rotatable bonds is 12. The minimum Gasteiger partial charge on any atom is -0.198 e. The second-order valence-electron chi connectivity index (χ2n) is 10.1. The Morgan fingerprint density at radius 2 is 1.19 bits per heavy atom. The Hall–Kier alpha value is -0.510. The first-order valence-electron chi connectivity index (χ1n) is 12.6. The smallest absolute Gasteiger partial charge is 0.0689 e. The third-order valence-electron chi connectivity index (χ3n) is 7.97. The molecule has 0 unspecified atom stereocenters. The SMILES string of the molecule is CCCCCCC1(C#N)CCC(CCC2CCC(CCCCC)CC2)CC1. The molecule has 0 aromatic rings. The van der Waals surface area contributed by atoms with Crippen LogP contribution >= 0.6 is 0 Å². The van der Waals surface area contributed by atoms with Gasteiger partial charge in [0, 0.05) is 0 Å². The molecule has 0 aromatic carbocycles. The van der Waals surface area contributed by atoms with E-state index in [4.69, 9.17) is 0 Å². The molecule has 2 aliphatic rings. The van der Waals surface area contributed by atoms with Gasteiger partial charge < -0.3 is 0 Å². The van der Waals surface area contributed by atoms with Gasteiger partial charge >= 0.3 is 0 Å². The first kappa shape index (κ1) is 22.8. The Kier molecular flexibility index (Phi) is 10.8. The molecule has 0 amide bonds. The zero-order valence-corrected chi connectivity index (χ0v) is 18.6. The van der Waals surface area contributed by atoms with Crippen molar-refractivity contribution in [1.82, 2.24) is 0 Å². The van der Waals surface area contributed by atoms with Crippen molar-refractivity contribution < 1.29 is 0 Å². The van der Waals surface area contributed by atoms with Crippen molar-refractivity contribution >= 4 is 0 Å². The summed E-state index contributed by atoms with van der Waals surface area (Å²) >= 11 is 0. The van der Waals surface area contributed by atoms with Gasteiger partial charge in [0.05, 0.1) is 11.5 Å². The third-order valence-corrected chi connectivity index (χ3v) is 7.97. The zero-order chi connectivity index (χ0) is 19.4. The standard InChI is InChI=1S/C26H47N/c1-3-5-7-9-19-26(22-27)20-17-25(18-21-26)16-15-24-13-11-23(12-14-24)10-8-6-4-2/h23-25H,3-21H2,1-2H3. The van der Waals surface area contributed by atoms with Crippen molar-refractivity contribution in [2.75, 3.05) is 0 Å². The van der Waals surface area contributed by atoms with Crippen molar-refractivity contribution in [2.24, 2.45) is 23.2 Å². The maximum absolute atomic E-state index is 9.77. The van der Waals surface area contributed by atoms with E-state index in [1.807, 2.05) is 0 Å². The van der Waals surface area contributed by atoms with Gasteiger partial charge in [-0.25, -0.2) is 0 Å². The van der Waals surface area contributed by atoms with Gasteiger partial charge in [0.1, 0.15) is 0 Å². The van der Waals surface area contributed by atoms with Gasteiger partial charge in [-0.2, -0.15) is 5.26 Å². The van der Waals surface area contributed by atoms with E-state index in [0.29, 0.717) is 0 Å². The molecule has 2 aliphatic carbocycles. The highest BCUT2D eigenvalue weighted by Gasteiger charge is 2.35. The molecule has 0 aromatic heterocycles. The van der Waals surface area contributed by atoms with Crippen LogP contribution in [0.1, 0.15) is 136 Å². The predicted molar refractivity (Wildman–Crippen MR) is 118 cm³/mol. The molecule has 1 heteroatoms. The fourth-order valence-electron chi connectivity index (χ4n) is 5.79. The van der Waals surface area contributed by atoms with Crippen molar-refractivity contribution in [3.8, 4) is 6.07 Å². The van der Waals surface area contributed by atoms with Crippen molar-refractivity contribution in [2.45, 2.75) is 136 Å². The summed E-state index contributed by atoms with van der Waals surface area (Å²) in [5.41, 5.74) is 0.0425. The van der Waals surface area contributed by atoms with E-state index in [1.165, 1.54) is 116 Å². The summed E-state index contributed by atoms with van der Waals surface area (Å²) in [5.74, 6) is 2.99. The maximum Gasteiger partial charge on any atom is 0.0689 e. The highest BCUT2D eigenvalue weighted by atomic mass is 14.4. The molecule has 0 saturated heterocycles. The van der Waals surface area contributed by atoms with Gasteiger partial charge in [-0.15, -0.1) is 0 Å². The van der Waals surface area contributed by atoms with Gasteiger partial charge in [-0.3, -0.25) is 0 Å².